The van der Waals surface area contributed by atoms with Crippen LogP contribution < -0.4 is 24.8 Å². The molecule has 0 unspecified atom stereocenters. The molecule has 3 aliphatic heterocycles. The summed E-state index contributed by atoms with van der Waals surface area (Å²) in [5.74, 6) is -11.3. The Hall–Kier alpha value is -5.00. The second kappa shape index (κ2) is 12.6. The van der Waals surface area contributed by atoms with E-state index < -0.39 is 57.7 Å². The number of benzene rings is 3. The summed E-state index contributed by atoms with van der Waals surface area (Å²) in [6, 6.07) is 6.36. The van der Waals surface area contributed by atoms with Crippen LogP contribution in [0.2, 0.25) is 0 Å². The van der Waals surface area contributed by atoms with Crippen LogP contribution in [-0.4, -0.2) is 49.3 Å². The van der Waals surface area contributed by atoms with Crippen molar-refractivity contribution < 1.29 is 45.8 Å². The number of nitrogens with zero attached hydrogens (tertiary/aromatic N) is 2. The molecular weight excluding hydrogens is 671 g/mol. The predicted molar refractivity (Wildman–Crippen MR) is 182 cm³/mol. The van der Waals surface area contributed by atoms with E-state index in [0.717, 1.165) is 11.1 Å². The molecule has 0 fully saturated rings. The zero-order valence-electron chi connectivity index (χ0n) is 29.6. The van der Waals surface area contributed by atoms with Crippen molar-refractivity contribution in [3.8, 4) is 11.5 Å². The molecule has 0 spiro atoms. The van der Waals surface area contributed by atoms with Crippen LogP contribution in [-0.2, 0) is 19.1 Å². The van der Waals surface area contributed by atoms with Crippen molar-refractivity contribution in [2.75, 3.05) is 31.2 Å². The van der Waals surface area contributed by atoms with Crippen LogP contribution in [0.5, 0.6) is 11.5 Å². The van der Waals surface area contributed by atoms with Gasteiger partial charge in [0.2, 0.25) is 17.7 Å². The summed E-state index contributed by atoms with van der Waals surface area (Å²) in [4.78, 5) is 27.3. The summed E-state index contributed by atoms with van der Waals surface area (Å²) < 4.78 is 94.6. The van der Waals surface area contributed by atoms with Gasteiger partial charge < -0.3 is 19.1 Å². The summed E-state index contributed by atoms with van der Waals surface area (Å²) >= 11 is 0. The molecule has 12 heteroatoms. The van der Waals surface area contributed by atoms with E-state index in [1.807, 2.05) is 53.7 Å². The van der Waals surface area contributed by atoms with Gasteiger partial charge >= 0.3 is 11.9 Å². The smallest absolute Gasteiger partial charge is 0.372 e. The van der Waals surface area contributed by atoms with Gasteiger partial charge in [0.25, 0.3) is 0 Å². The van der Waals surface area contributed by atoms with Crippen LogP contribution in [0, 0.1) is 29.1 Å². The Bertz CT molecular complexity index is 2210. The molecule has 3 aromatic carbocycles. The zero-order chi connectivity index (χ0) is 37.3. The Balaban J connectivity index is 1.74. The van der Waals surface area contributed by atoms with E-state index in [1.165, 1.54) is 0 Å². The predicted octanol–water partition coefficient (Wildman–Crippen LogP) is 6.55. The second-order valence-electron chi connectivity index (χ2n) is 13.9. The van der Waals surface area contributed by atoms with Gasteiger partial charge in [-0.25, -0.2) is 31.3 Å². The number of allylic oxidation sites excluding steroid dienone is 2. The van der Waals surface area contributed by atoms with E-state index in [9.17, 15) is 22.8 Å². The Kier molecular flexibility index (Phi) is 8.88. The van der Waals surface area contributed by atoms with Crippen LogP contribution in [0.1, 0.15) is 77.6 Å². The number of esters is 2. The van der Waals surface area contributed by atoms with Crippen molar-refractivity contribution in [1.82, 2.24) is 4.58 Å². The molecule has 0 aliphatic carbocycles. The van der Waals surface area contributed by atoms with E-state index in [0.29, 0.717) is 22.2 Å². The average Bonchev–Trinajstić information content (AvgIpc) is 3.05. The number of carbonyl (C=O) groups excluding carboxylic acids is 2. The Morgan fingerprint density at radius 3 is 1.96 bits per heavy atom. The molecule has 6 rings (SSSR count). The molecule has 7 nitrogen and oxygen atoms in total. The highest BCUT2D eigenvalue weighted by atomic mass is 19.2. The fourth-order valence-electron chi connectivity index (χ4n) is 7.37. The molecule has 0 amide bonds. The van der Waals surface area contributed by atoms with Crippen molar-refractivity contribution >= 4 is 34.3 Å². The minimum atomic E-state index is -2.27. The quantitative estimate of drug-likeness (QED) is 0.0714. The highest BCUT2D eigenvalue weighted by Gasteiger charge is 2.39. The molecule has 0 saturated carbocycles. The van der Waals surface area contributed by atoms with E-state index in [2.05, 4.69) is 0 Å². The molecule has 3 aliphatic rings. The molecule has 51 heavy (non-hydrogen) atoms. The third-order valence-electron chi connectivity index (χ3n) is 9.56. The number of hydrogen-bond donors (Lipinski definition) is 0. The van der Waals surface area contributed by atoms with Gasteiger partial charge in [-0.1, -0.05) is 6.08 Å². The third kappa shape index (κ3) is 5.88. The molecule has 0 saturated heterocycles. The molecule has 3 aromatic rings. The lowest BCUT2D eigenvalue weighted by Gasteiger charge is -2.43. The number of fused-ring (bicyclic) bond motifs is 4. The molecular formula is C39H38F5N2O5+. The first-order valence-corrected chi connectivity index (χ1v) is 16.6. The SMILES string of the molecule is CCOC(=O)CN1c2cc3c(cc2C(C)=CC1(C)C)C(c1c(F)c(F)c(F)c(F)c1F)=c1cc2c(cc1O3)=[N+](CC(=O)OCC)C(C)(C)C=C2C. The lowest BCUT2D eigenvalue weighted by atomic mass is 9.84. The number of ether oxygens (including phenoxy) is 3. The maximum Gasteiger partial charge on any atom is 0.372 e. The number of carbonyl (C=O) groups is 2. The summed E-state index contributed by atoms with van der Waals surface area (Å²) in [5, 5.41) is 0.614. The van der Waals surface area contributed by atoms with Crippen LogP contribution in [0.15, 0.2) is 36.4 Å². The lowest BCUT2D eigenvalue weighted by molar-refractivity contribution is -0.143. The number of hydrogen-bond acceptors (Lipinski definition) is 6. The standard InChI is InChI=1S/C39H38F5N2O5/c1-9-49-29(47)17-45-25-13-27-23(11-21(25)19(3)15-38(45,5)6)31(32-33(40)35(42)37(44)36(43)34(32)41)24-12-22-20(4)16-39(7,8)46(18-30(48)50-10-2)26(22)14-28(24)51-27/h11-16H,9-10,17-18H2,1-8H3/q+1. The molecule has 0 bridgehead atoms. The maximum atomic E-state index is 15.8. The van der Waals surface area contributed by atoms with Crippen LogP contribution in [0.4, 0.5) is 27.6 Å². The van der Waals surface area contributed by atoms with Crippen molar-refractivity contribution in [2.24, 2.45) is 0 Å². The largest absolute Gasteiger partial charge is 0.465 e. The Labute approximate surface area is 291 Å². The van der Waals surface area contributed by atoms with Gasteiger partial charge in [-0.15, -0.1) is 0 Å². The number of halogens is 5. The van der Waals surface area contributed by atoms with Crippen LogP contribution >= 0.6 is 0 Å². The van der Waals surface area contributed by atoms with Crippen molar-refractivity contribution in [3.63, 3.8) is 0 Å². The van der Waals surface area contributed by atoms with Gasteiger partial charge in [0.1, 0.15) is 18.0 Å². The topological polar surface area (TPSA) is 68.1 Å². The van der Waals surface area contributed by atoms with E-state index in [1.54, 1.807) is 47.6 Å². The minimum absolute atomic E-state index is 0.0544. The molecule has 0 atom stereocenters. The lowest BCUT2D eigenvalue weighted by Crippen LogP contribution is -2.51. The van der Waals surface area contributed by atoms with Crippen LogP contribution in [0.25, 0.3) is 16.7 Å². The second-order valence-corrected chi connectivity index (χ2v) is 13.9. The van der Waals surface area contributed by atoms with Crippen LogP contribution in [0.3, 0.4) is 0 Å². The van der Waals surface area contributed by atoms with Crippen molar-refractivity contribution in [1.29, 1.82) is 0 Å². The molecule has 3 heterocycles. The van der Waals surface area contributed by atoms with Gasteiger partial charge in [-0.05, 0) is 70.9 Å². The fraction of sp³-hybridized carbons (Fsp3) is 0.359. The Morgan fingerprint density at radius 2 is 1.33 bits per heavy atom. The Morgan fingerprint density at radius 1 is 0.745 bits per heavy atom. The van der Waals surface area contributed by atoms with Gasteiger partial charge in [0.05, 0.1) is 30.4 Å². The average molecular weight is 710 g/mol. The summed E-state index contributed by atoms with van der Waals surface area (Å²) in [7, 11) is 0. The van der Waals surface area contributed by atoms with Gasteiger partial charge in [0, 0.05) is 53.1 Å². The highest BCUT2D eigenvalue weighted by Crippen LogP contribution is 2.47. The van der Waals surface area contributed by atoms with E-state index in [-0.39, 0.29) is 54.2 Å². The first kappa shape index (κ1) is 35.8. The van der Waals surface area contributed by atoms with E-state index in [4.69, 9.17) is 14.2 Å². The molecule has 0 N–H and O–H groups in total. The normalized spacial score (nSPS) is 16.6. The summed E-state index contributed by atoms with van der Waals surface area (Å²) in [6.07, 6.45) is 3.84. The number of anilines is 1. The minimum Gasteiger partial charge on any atom is -0.465 e. The van der Waals surface area contributed by atoms with Gasteiger partial charge in [-0.2, -0.15) is 0 Å². The summed E-state index contributed by atoms with van der Waals surface area (Å²) in [5.41, 5.74) is 0.463. The van der Waals surface area contributed by atoms with Gasteiger partial charge in [0.15, 0.2) is 28.8 Å². The summed E-state index contributed by atoms with van der Waals surface area (Å²) in [6.45, 7) is 14.7. The number of rotatable bonds is 7. The molecule has 0 radical (unpaired) electrons. The zero-order valence-corrected chi connectivity index (χ0v) is 29.6. The fourth-order valence-corrected chi connectivity index (χ4v) is 7.37. The maximum absolute atomic E-state index is 15.8. The van der Waals surface area contributed by atoms with Gasteiger partial charge in [-0.3, -0.25) is 4.79 Å². The van der Waals surface area contributed by atoms with E-state index >= 15 is 8.78 Å². The third-order valence-corrected chi connectivity index (χ3v) is 9.56. The monoisotopic (exact) mass is 709 g/mol. The van der Waals surface area contributed by atoms with Crippen molar-refractivity contribution in [3.05, 3.63) is 98.3 Å². The van der Waals surface area contributed by atoms with Crippen molar-refractivity contribution in [2.45, 2.75) is 66.5 Å². The first-order chi connectivity index (χ1) is 23.9. The highest BCUT2D eigenvalue weighted by molar-refractivity contribution is 5.93. The molecule has 268 valence electrons. The first-order valence-electron chi connectivity index (χ1n) is 16.6. The molecule has 0 aromatic heterocycles.